The van der Waals surface area contributed by atoms with Crippen LogP contribution in [0.5, 0.6) is 0 Å². The van der Waals surface area contributed by atoms with Crippen LogP contribution in [-0.4, -0.2) is 24.6 Å². The van der Waals surface area contributed by atoms with Crippen LogP contribution in [0.3, 0.4) is 0 Å². The summed E-state index contributed by atoms with van der Waals surface area (Å²) in [5.41, 5.74) is 0.417. The molecule has 0 aromatic heterocycles. The molecular weight excluding hydrogens is 383 g/mol. The lowest BCUT2D eigenvalue weighted by atomic mass is 10.2. The van der Waals surface area contributed by atoms with E-state index in [4.69, 9.17) is 9.47 Å². The summed E-state index contributed by atoms with van der Waals surface area (Å²) in [6.07, 6.45) is 0.911. The van der Waals surface area contributed by atoms with Crippen molar-refractivity contribution in [3.8, 4) is 11.8 Å². The van der Waals surface area contributed by atoms with Crippen molar-refractivity contribution >= 4 is 34.5 Å². The van der Waals surface area contributed by atoms with Crippen molar-refractivity contribution in [1.82, 2.24) is 0 Å². The minimum atomic E-state index is -1.16. The summed E-state index contributed by atoms with van der Waals surface area (Å²) in [6.45, 7) is 1.92. The summed E-state index contributed by atoms with van der Waals surface area (Å²) in [4.78, 5) is 24.0. The molecule has 0 spiro atoms. The third kappa shape index (κ3) is 4.74. The summed E-state index contributed by atoms with van der Waals surface area (Å²) >= 11 is 2.05. The summed E-state index contributed by atoms with van der Waals surface area (Å²) in [5, 5.41) is 0. The van der Waals surface area contributed by atoms with Crippen LogP contribution in [0.4, 0.5) is 0 Å². The van der Waals surface area contributed by atoms with Gasteiger partial charge in [-0.3, -0.25) is 0 Å². The van der Waals surface area contributed by atoms with Gasteiger partial charge in [0.2, 0.25) is 0 Å². The molecule has 1 aromatic carbocycles. The van der Waals surface area contributed by atoms with Crippen LogP contribution in [0.25, 0.3) is 0 Å². The molecule has 0 heterocycles. The number of hydrogen-bond acceptors (Lipinski definition) is 4. The molecule has 1 unspecified atom stereocenters. The normalized spacial score (nSPS) is 14.6. The fourth-order valence-corrected chi connectivity index (χ4v) is 2.18. The Balaban J connectivity index is 2.10. The van der Waals surface area contributed by atoms with Gasteiger partial charge >= 0.3 is 11.9 Å². The van der Waals surface area contributed by atoms with Gasteiger partial charge in [-0.2, -0.15) is 0 Å². The largest absolute Gasteiger partial charge is 0.462 e. The van der Waals surface area contributed by atoms with E-state index in [0.29, 0.717) is 11.5 Å². The monoisotopic (exact) mass is 398 g/mol. The van der Waals surface area contributed by atoms with Crippen LogP contribution in [0, 0.1) is 21.3 Å². The van der Waals surface area contributed by atoms with Crippen LogP contribution in [0.2, 0.25) is 0 Å². The van der Waals surface area contributed by atoms with Crippen LogP contribution in [0.1, 0.15) is 30.1 Å². The third-order valence-corrected chi connectivity index (χ3v) is 3.76. The van der Waals surface area contributed by atoms with Crippen molar-refractivity contribution in [2.45, 2.75) is 25.9 Å². The first-order chi connectivity index (χ1) is 10.1. The van der Waals surface area contributed by atoms with Crippen LogP contribution < -0.4 is 0 Å². The Morgan fingerprint density at radius 3 is 2.71 bits per heavy atom. The Morgan fingerprint density at radius 1 is 1.38 bits per heavy atom. The van der Waals surface area contributed by atoms with E-state index in [1.54, 1.807) is 25.1 Å². The number of carbonyl (C=O) groups is 2. The fraction of sp³-hybridized carbons (Fsp3) is 0.375. The highest BCUT2D eigenvalue weighted by Crippen LogP contribution is 2.27. The predicted molar refractivity (Wildman–Crippen MR) is 85.5 cm³/mol. The highest BCUT2D eigenvalue weighted by molar-refractivity contribution is 14.1. The Labute approximate surface area is 137 Å². The van der Waals surface area contributed by atoms with E-state index in [9.17, 15) is 9.59 Å². The lowest BCUT2D eigenvalue weighted by molar-refractivity contribution is -0.150. The third-order valence-electron chi connectivity index (χ3n) is 2.82. The molecule has 110 valence electrons. The number of benzene rings is 1. The van der Waals surface area contributed by atoms with Crippen molar-refractivity contribution < 1.29 is 19.1 Å². The summed E-state index contributed by atoms with van der Waals surface area (Å²) in [5.74, 6) is 4.78. The standard InChI is InChI=1S/C16H15IO4/c1-2-20-16(19)14(10-9-11-7-8-11)21-15(18)12-5-3-4-6-13(12)17/h3-6,11,14H,2,7-8H2,1H3. The average molecular weight is 398 g/mol. The Kier molecular flexibility index (Phi) is 5.62. The fourth-order valence-electron chi connectivity index (χ4n) is 1.57. The molecule has 0 aliphatic heterocycles. The minimum absolute atomic E-state index is 0.223. The topological polar surface area (TPSA) is 52.6 Å². The first-order valence-corrected chi connectivity index (χ1v) is 7.83. The van der Waals surface area contributed by atoms with E-state index < -0.39 is 18.0 Å². The quantitative estimate of drug-likeness (QED) is 0.445. The maximum Gasteiger partial charge on any atom is 0.360 e. The zero-order valence-electron chi connectivity index (χ0n) is 11.6. The summed E-state index contributed by atoms with van der Waals surface area (Å²) in [6, 6.07) is 7.02. The van der Waals surface area contributed by atoms with Gasteiger partial charge in [-0.15, -0.1) is 0 Å². The van der Waals surface area contributed by atoms with Crippen molar-refractivity contribution in [1.29, 1.82) is 0 Å². The molecule has 4 nitrogen and oxygen atoms in total. The molecule has 1 aliphatic rings. The second-order valence-electron chi connectivity index (χ2n) is 4.58. The summed E-state index contributed by atoms with van der Waals surface area (Å²) < 4.78 is 10.9. The van der Waals surface area contributed by atoms with Crippen molar-refractivity contribution in [2.75, 3.05) is 6.61 Å². The molecule has 1 aromatic rings. The lowest BCUT2D eigenvalue weighted by Crippen LogP contribution is -2.28. The molecule has 0 bridgehead atoms. The number of ether oxygens (including phenoxy) is 2. The van der Waals surface area contributed by atoms with E-state index in [1.807, 2.05) is 28.7 Å². The first kappa shape index (κ1) is 15.8. The molecule has 21 heavy (non-hydrogen) atoms. The van der Waals surface area contributed by atoms with E-state index >= 15 is 0 Å². The van der Waals surface area contributed by atoms with Gasteiger partial charge in [0.1, 0.15) is 0 Å². The number of halogens is 1. The number of esters is 2. The molecule has 5 heteroatoms. The molecule has 1 fully saturated rings. The van der Waals surface area contributed by atoms with Crippen molar-refractivity contribution in [3.63, 3.8) is 0 Å². The number of rotatable bonds is 4. The molecule has 0 N–H and O–H groups in total. The average Bonchev–Trinajstić information content (AvgIpc) is 3.28. The minimum Gasteiger partial charge on any atom is -0.462 e. The van der Waals surface area contributed by atoms with E-state index in [1.165, 1.54) is 0 Å². The molecular formula is C16H15IO4. The molecule has 0 amide bonds. The van der Waals surface area contributed by atoms with Gasteiger partial charge in [-0.1, -0.05) is 18.1 Å². The second kappa shape index (κ2) is 7.46. The molecule has 1 atom stereocenters. The van der Waals surface area contributed by atoms with Gasteiger partial charge in [0, 0.05) is 9.49 Å². The Hall–Kier alpha value is -1.55. The van der Waals surface area contributed by atoms with E-state index in [-0.39, 0.29) is 6.61 Å². The lowest BCUT2D eigenvalue weighted by Gasteiger charge is -2.12. The number of hydrogen-bond donors (Lipinski definition) is 0. The van der Waals surface area contributed by atoms with Gasteiger partial charge in [-0.25, -0.2) is 9.59 Å². The van der Waals surface area contributed by atoms with Crippen LogP contribution in [0.15, 0.2) is 24.3 Å². The predicted octanol–water partition coefficient (Wildman–Crippen LogP) is 2.79. The smallest absolute Gasteiger partial charge is 0.360 e. The number of carbonyl (C=O) groups excluding carboxylic acids is 2. The van der Waals surface area contributed by atoms with Crippen LogP contribution >= 0.6 is 22.6 Å². The molecule has 0 saturated heterocycles. The first-order valence-electron chi connectivity index (χ1n) is 6.75. The molecule has 1 aliphatic carbocycles. The summed E-state index contributed by atoms with van der Waals surface area (Å²) in [7, 11) is 0. The van der Waals surface area contributed by atoms with Crippen molar-refractivity contribution in [3.05, 3.63) is 33.4 Å². The van der Waals surface area contributed by atoms with Gasteiger partial charge in [0.25, 0.3) is 6.10 Å². The molecule has 0 radical (unpaired) electrons. The highest BCUT2D eigenvalue weighted by Gasteiger charge is 2.25. The zero-order valence-corrected chi connectivity index (χ0v) is 13.8. The highest BCUT2D eigenvalue weighted by atomic mass is 127. The van der Waals surface area contributed by atoms with Gasteiger partial charge in [0.05, 0.1) is 12.2 Å². The maximum atomic E-state index is 12.1. The maximum absolute atomic E-state index is 12.1. The van der Waals surface area contributed by atoms with E-state index in [0.717, 1.165) is 16.4 Å². The zero-order chi connectivity index (χ0) is 15.2. The van der Waals surface area contributed by atoms with Crippen molar-refractivity contribution in [2.24, 2.45) is 5.92 Å². The van der Waals surface area contributed by atoms with Gasteiger partial charge in [-0.05, 0) is 60.4 Å². The second-order valence-corrected chi connectivity index (χ2v) is 5.74. The van der Waals surface area contributed by atoms with Gasteiger partial charge in [0.15, 0.2) is 0 Å². The SMILES string of the molecule is CCOC(=O)C(C#CC1CC1)OC(=O)c1ccccc1I. The van der Waals surface area contributed by atoms with E-state index in [2.05, 4.69) is 11.8 Å². The van der Waals surface area contributed by atoms with Gasteiger partial charge < -0.3 is 9.47 Å². The van der Waals surface area contributed by atoms with Crippen LogP contribution in [-0.2, 0) is 14.3 Å². The molecule has 2 rings (SSSR count). The molecule has 1 saturated carbocycles. The Morgan fingerprint density at radius 2 is 2.10 bits per heavy atom. The Bertz CT molecular complexity index is 596.